The Labute approximate surface area is 216 Å². The highest BCUT2D eigenvalue weighted by Crippen LogP contribution is 2.32. The van der Waals surface area contributed by atoms with Gasteiger partial charge in [0.05, 0.1) is 12.3 Å². The highest BCUT2D eigenvalue weighted by Gasteiger charge is 2.18. The van der Waals surface area contributed by atoms with E-state index in [1.54, 1.807) is 18.2 Å². The van der Waals surface area contributed by atoms with Gasteiger partial charge >= 0.3 is 0 Å². The minimum absolute atomic E-state index is 0.123. The fourth-order valence-electron chi connectivity index (χ4n) is 3.61. The highest BCUT2D eigenvalue weighted by atomic mass is 79.9. The number of thioether (sulfide) groups is 1. The number of anilines is 1. The average molecular weight is 560 g/mol. The van der Waals surface area contributed by atoms with Crippen molar-refractivity contribution in [3.05, 3.63) is 57.8 Å². The normalized spacial score (nSPS) is 12.1. The Kier molecular flexibility index (Phi) is 7.97. The summed E-state index contributed by atoms with van der Waals surface area (Å²) in [6.45, 7) is 7.10. The van der Waals surface area contributed by atoms with Crippen molar-refractivity contribution >= 4 is 45.2 Å². The van der Waals surface area contributed by atoms with E-state index >= 15 is 0 Å². The fraction of sp³-hybridized carbons (Fsp3) is 0.333. The van der Waals surface area contributed by atoms with Gasteiger partial charge in [-0.05, 0) is 54.8 Å². The molecule has 4 rings (SSSR count). The van der Waals surface area contributed by atoms with Crippen molar-refractivity contribution in [3.63, 3.8) is 0 Å². The molecule has 2 amide bonds. The summed E-state index contributed by atoms with van der Waals surface area (Å²) in [6.07, 6.45) is 0. The van der Waals surface area contributed by atoms with Crippen LogP contribution in [0.1, 0.15) is 48.4 Å². The minimum atomic E-state index is -0.252. The molecule has 0 aliphatic carbocycles. The Morgan fingerprint density at radius 3 is 2.71 bits per heavy atom. The maximum atomic E-state index is 12.6. The van der Waals surface area contributed by atoms with Crippen molar-refractivity contribution in [1.82, 2.24) is 20.1 Å². The van der Waals surface area contributed by atoms with Gasteiger partial charge in [-0.1, -0.05) is 41.5 Å². The quantitative estimate of drug-likeness (QED) is 0.369. The van der Waals surface area contributed by atoms with E-state index in [1.165, 1.54) is 11.8 Å². The summed E-state index contributed by atoms with van der Waals surface area (Å²) in [4.78, 5) is 25.2. The lowest BCUT2D eigenvalue weighted by Gasteiger charge is -2.14. The van der Waals surface area contributed by atoms with E-state index in [9.17, 15) is 9.59 Å². The van der Waals surface area contributed by atoms with Crippen LogP contribution in [0.15, 0.2) is 46.0 Å². The largest absolute Gasteiger partial charge is 0.454 e. The Bertz CT molecular complexity index is 1250. The number of ether oxygens (including phenoxy) is 2. The first-order valence-corrected chi connectivity index (χ1v) is 13.0. The van der Waals surface area contributed by atoms with E-state index in [-0.39, 0.29) is 36.8 Å². The molecular weight excluding hydrogens is 534 g/mol. The van der Waals surface area contributed by atoms with Gasteiger partial charge < -0.3 is 24.7 Å². The van der Waals surface area contributed by atoms with Gasteiger partial charge in [0.1, 0.15) is 0 Å². The van der Waals surface area contributed by atoms with Crippen LogP contribution >= 0.6 is 27.7 Å². The smallest absolute Gasteiger partial charge is 0.251 e. The number of aromatic nitrogens is 3. The van der Waals surface area contributed by atoms with Crippen molar-refractivity contribution < 1.29 is 19.1 Å². The third-order valence-electron chi connectivity index (χ3n) is 5.39. The van der Waals surface area contributed by atoms with Crippen LogP contribution in [0.5, 0.6) is 11.5 Å². The summed E-state index contributed by atoms with van der Waals surface area (Å²) >= 11 is 4.79. The van der Waals surface area contributed by atoms with Gasteiger partial charge in [-0.15, -0.1) is 10.2 Å². The van der Waals surface area contributed by atoms with Crippen molar-refractivity contribution in [1.29, 1.82) is 0 Å². The number of fused-ring (bicyclic) bond motifs is 1. The topological polar surface area (TPSA) is 107 Å². The molecule has 0 radical (unpaired) electrons. The van der Waals surface area contributed by atoms with Crippen LogP contribution in [0, 0.1) is 0 Å². The summed E-state index contributed by atoms with van der Waals surface area (Å²) in [6, 6.07) is 10.9. The summed E-state index contributed by atoms with van der Waals surface area (Å²) in [7, 11) is 0. The SMILES string of the molecule is CCn1c(CNC(=O)c2ccc3c(c2)OCO3)nnc1SCC(=O)Nc1ccc(Br)cc1C(C)C. The molecule has 0 fully saturated rings. The summed E-state index contributed by atoms with van der Waals surface area (Å²) < 4.78 is 13.5. The Hall–Kier alpha value is -3.05. The first kappa shape index (κ1) is 25.1. The zero-order valence-corrected chi connectivity index (χ0v) is 22.0. The summed E-state index contributed by atoms with van der Waals surface area (Å²) in [5.41, 5.74) is 2.34. The molecule has 0 spiro atoms. The third-order valence-corrected chi connectivity index (χ3v) is 6.85. The lowest BCUT2D eigenvalue weighted by molar-refractivity contribution is -0.113. The highest BCUT2D eigenvalue weighted by molar-refractivity contribution is 9.10. The second kappa shape index (κ2) is 11.1. The molecule has 1 aliphatic rings. The van der Waals surface area contributed by atoms with E-state index in [0.29, 0.717) is 34.6 Å². The number of benzene rings is 2. The van der Waals surface area contributed by atoms with Gasteiger partial charge in [0.15, 0.2) is 22.5 Å². The molecule has 2 N–H and O–H groups in total. The zero-order chi connectivity index (χ0) is 24.9. The number of rotatable bonds is 9. The van der Waals surface area contributed by atoms with Crippen LogP contribution < -0.4 is 20.1 Å². The number of carbonyl (C=O) groups excluding carboxylic acids is 2. The summed E-state index contributed by atoms with van der Waals surface area (Å²) in [5.74, 6) is 1.87. The number of halogens is 1. The molecule has 1 aliphatic heterocycles. The van der Waals surface area contributed by atoms with Crippen LogP contribution in [-0.2, 0) is 17.9 Å². The molecule has 2 aromatic carbocycles. The lowest BCUT2D eigenvalue weighted by Crippen LogP contribution is -2.24. The Balaban J connectivity index is 1.35. The van der Waals surface area contributed by atoms with Gasteiger partial charge in [-0.3, -0.25) is 9.59 Å². The molecule has 0 unspecified atom stereocenters. The first-order chi connectivity index (χ1) is 16.9. The molecule has 11 heteroatoms. The van der Waals surface area contributed by atoms with Gasteiger partial charge in [-0.25, -0.2) is 0 Å². The van der Waals surface area contributed by atoms with E-state index in [1.807, 2.05) is 29.7 Å². The Morgan fingerprint density at radius 2 is 1.94 bits per heavy atom. The zero-order valence-electron chi connectivity index (χ0n) is 19.6. The number of hydrogen-bond acceptors (Lipinski definition) is 7. The molecule has 35 heavy (non-hydrogen) atoms. The number of nitrogens with zero attached hydrogens (tertiary/aromatic N) is 3. The van der Waals surface area contributed by atoms with Gasteiger partial charge in [0, 0.05) is 22.3 Å². The van der Waals surface area contributed by atoms with Crippen LogP contribution in [0.3, 0.4) is 0 Å². The minimum Gasteiger partial charge on any atom is -0.454 e. The number of hydrogen-bond donors (Lipinski definition) is 2. The molecule has 2 heterocycles. The fourth-order valence-corrected chi connectivity index (χ4v) is 4.81. The van der Waals surface area contributed by atoms with Crippen LogP contribution in [0.4, 0.5) is 5.69 Å². The molecule has 0 bridgehead atoms. The molecular formula is C24H26BrN5O4S. The summed E-state index contributed by atoms with van der Waals surface area (Å²) in [5, 5.41) is 14.9. The molecule has 0 saturated carbocycles. The molecule has 0 saturated heterocycles. The van der Waals surface area contributed by atoms with Crippen LogP contribution in [-0.4, -0.2) is 39.1 Å². The van der Waals surface area contributed by atoms with Crippen LogP contribution in [0.2, 0.25) is 0 Å². The number of carbonyl (C=O) groups is 2. The van der Waals surface area contributed by atoms with Gasteiger partial charge in [0.2, 0.25) is 12.7 Å². The van der Waals surface area contributed by atoms with Crippen LogP contribution in [0.25, 0.3) is 0 Å². The van der Waals surface area contributed by atoms with Crippen molar-refractivity contribution in [2.24, 2.45) is 0 Å². The second-order valence-corrected chi connectivity index (χ2v) is 9.98. The maximum absolute atomic E-state index is 12.6. The second-order valence-electron chi connectivity index (χ2n) is 8.12. The Morgan fingerprint density at radius 1 is 1.14 bits per heavy atom. The first-order valence-electron chi connectivity index (χ1n) is 11.2. The van der Waals surface area contributed by atoms with Gasteiger partial charge in [0.25, 0.3) is 5.91 Å². The van der Waals surface area contributed by atoms with Crippen molar-refractivity contribution in [2.45, 2.75) is 44.9 Å². The lowest BCUT2D eigenvalue weighted by atomic mass is 10.0. The van der Waals surface area contributed by atoms with E-state index < -0.39 is 0 Å². The molecule has 1 aromatic heterocycles. The monoisotopic (exact) mass is 559 g/mol. The van der Waals surface area contributed by atoms with E-state index in [0.717, 1.165) is 15.7 Å². The molecule has 184 valence electrons. The van der Waals surface area contributed by atoms with E-state index in [2.05, 4.69) is 50.6 Å². The third kappa shape index (κ3) is 5.96. The van der Waals surface area contributed by atoms with Crippen molar-refractivity contribution in [2.75, 3.05) is 17.9 Å². The average Bonchev–Trinajstić information content (AvgIpc) is 3.47. The molecule has 9 nitrogen and oxygen atoms in total. The number of nitrogens with one attached hydrogen (secondary N) is 2. The number of amides is 2. The molecule has 0 atom stereocenters. The van der Waals surface area contributed by atoms with Crippen molar-refractivity contribution in [3.8, 4) is 11.5 Å². The standard InChI is InChI=1S/C24H26BrN5O4S/c1-4-30-21(11-26-23(32)15-5-8-19-20(9-15)34-13-33-19)28-29-24(30)35-12-22(31)27-18-7-6-16(25)10-17(18)14(2)3/h5-10,14H,4,11-13H2,1-3H3,(H,26,32)(H,27,31). The predicted octanol–water partition coefficient (Wildman–Crippen LogP) is 4.57. The predicted molar refractivity (Wildman–Crippen MR) is 137 cm³/mol. The van der Waals surface area contributed by atoms with Gasteiger partial charge in [-0.2, -0.15) is 0 Å². The molecule has 3 aromatic rings. The maximum Gasteiger partial charge on any atom is 0.251 e. The van der Waals surface area contributed by atoms with E-state index in [4.69, 9.17) is 9.47 Å².